The summed E-state index contributed by atoms with van der Waals surface area (Å²) >= 11 is 0. The van der Waals surface area contributed by atoms with Gasteiger partial charge in [-0.2, -0.15) is 10.5 Å². The zero-order valence-corrected chi connectivity index (χ0v) is 57.3. The standard InChI is InChI=1S/C87H75B3N6/c1-49-25-31-65(32-26-49)93(64-19-13-12-14-20-64)76-36-27-57(47-91)40-69(76)59-29-34-71-61(42-59)44-62-43-60(70-41-58(48-92)28-37-77(70)96-74-23-17-15-21-67(74)68-22-16-18-24-75(68)96)45-79-84(62)90(71)72-35-33-66(46-78(72)95(79)73-38-30-63(39-50(73)2)87(9,10)11)94-85-56(8)52(4)51(3)53(5)80(85)81-54(6)55(7)82(88)83(89)86(81)94/h12-25,27-43,45-46,49H,26,44,88-89H2,1-11H3. The quantitative estimate of drug-likeness (QED) is 0.142. The van der Waals surface area contributed by atoms with Crippen molar-refractivity contribution in [3.8, 4) is 45.8 Å². The van der Waals surface area contributed by atoms with Crippen LogP contribution in [0.1, 0.15) is 101 Å². The molecule has 13 aromatic rings. The Morgan fingerprint density at radius 3 is 1.85 bits per heavy atom. The highest BCUT2D eigenvalue weighted by atomic mass is 15.2. The van der Waals surface area contributed by atoms with Crippen LogP contribution in [0.2, 0.25) is 0 Å². The Morgan fingerprint density at radius 2 is 1.17 bits per heavy atom. The fourth-order valence-corrected chi connectivity index (χ4v) is 16.5. The highest BCUT2D eigenvalue weighted by Gasteiger charge is 2.42. The van der Waals surface area contributed by atoms with E-state index in [1.54, 1.807) is 0 Å². The smallest absolute Gasteiger partial charge is 0.247 e. The van der Waals surface area contributed by atoms with Gasteiger partial charge in [0.05, 0.1) is 51.2 Å². The summed E-state index contributed by atoms with van der Waals surface area (Å²) in [5, 5.41) is 26.7. The Labute approximate surface area is 566 Å². The van der Waals surface area contributed by atoms with E-state index in [0.717, 1.165) is 85.2 Å². The number of rotatable bonds is 8. The third kappa shape index (κ3) is 9.14. The molecule has 1 aliphatic carbocycles. The lowest BCUT2D eigenvalue weighted by atomic mass is 9.32. The SMILES string of the molecule is Bc1c(C)c(C)c2c3c(C)c(C)c(C)c(C)c3n(-c3ccc4c(c3)N(c3ccc(C(C)(C)C)cc3C)c3cc(-c5cc(C#N)ccc5-n5c6ccccc6c6ccccc65)cc5c3B4c3ccc(-c4cc(C#N)ccc4N(C4=CCC(C)C=C4)c4ccccc4)cc3C5)c2c1B. The molecule has 0 saturated heterocycles. The van der Waals surface area contributed by atoms with Crippen LogP contribution in [0.25, 0.3) is 77.2 Å². The number of hydrogen-bond donors (Lipinski definition) is 0. The van der Waals surface area contributed by atoms with Crippen molar-refractivity contribution in [1.82, 2.24) is 9.13 Å². The molecule has 1 unspecified atom stereocenters. The molecule has 0 saturated carbocycles. The Bertz CT molecular complexity index is 5570. The predicted molar refractivity (Wildman–Crippen MR) is 412 cm³/mol. The van der Waals surface area contributed by atoms with Crippen molar-refractivity contribution in [3.05, 3.63) is 273 Å². The molecule has 2 aromatic heterocycles. The zero-order chi connectivity index (χ0) is 66.5. The number of nitriles is 2. The van der Waals surface area contributed by atoms with Crippen molar-refractivity contribution >= 4 is 122 Å². The molecule has 4 heterocycles. The van der Waals surface area contributed by atoms with Gasteiger partial charge in [-0.3, -0.25) is 0 Å². The molecular weight excluding hydrogens is 1160 g/mol. The topological polar surface area (TPSA) is 63.9 Å². The molecule has 6 nitrogen and oxygen atoms in total. The number of fused-ring (bicyclic) bond motifs is 10. The van der Waals surface area contributed by atoms with Crippen molar-refractivity contribution < 1.29 is 0 Å². The number of nitrogens with zero attached hydrogens (tertiary/aromatic N) is 6. The van der Waals surface area contributed by atoms with E-state index in [-0.39, 0.29) is 12.1 Å². The predicted octanol–water partition coefficient (Wildman–Crippen LogP) is 16.8. The molecule has 2 aliphatic heterocycles. The maximum atomic E-state index is 10.9. The highest BCUT2D eigenvalue weighted by molar-refractivity contribution is 6.99. The van der Waals surface area contributed by atoms with Gasteiger partial charge in [-0.25, -0.2) is 0 Å². The summed E-state index contributed by atoms with van der Waals surface area (Å²) in [4.78, 5) is 4.97. The Morgan fingerprint density at radius 1 is 0.531 bits per heavy atom. The minimum Gasteiger partial charge on any atom is -0.311 e. The molecule has 0 radical (unpaired) electrons. The highest BCUT2D eigenvalue weighted by Crippen LogP contribution is 2.48. The second-order valence-electron chi connectivity index (χ2n) is 28.6. The zero-order valence-electron chi connectivity index (χ0n) is 57.3. The van der Waals surface area contributed by atoms with Gasteiger partial charge in [0.25, 0.3) is 0 Å². The van der Waals surface area contributed by atoms with E-state index in [1.807, 2.05) is 12.1 Å². The number of allylic oxidation sites excluding steroid dienone is 3. The van der Waals surface area contributed by atoms with Crippen LogP contribution in [0.5, 0.6) is 0 Å². The van der Waals surface area contributed by atoms with Gasteiger partial charge in [-0.15, -0.1) is 0 Å². The van der Waals surface area contributed by atoms with Gasteiger partial charge in [0, 0.05) is 72.3 Å². The molecular formula is C87H75B3N6. The first-order chi connectivity index (χ1) is 46.3. The van der Waals surface area contributed by atoms with E-state index in [1.165, 1.54) is 116 Å². The molecule has 3 aliphatic rings. The van der Waals surface area contributed by atoms with E-state index in [0.29, 0.717) is 23.5 Å². The van der Waals surface area contributed by atoms with Crippen LogP contribution >= 0.6 is 0 Å². The molecule has 0 spiro atoms. The summed E-state index contributed by atoms with van der Waals surface area (Å²) in [6, 6.07) is 72.2. The number of aromatic nitrogens is 2. The molecule has 1 atom stereocenters. The Balaban J connectivity index is 1.01. The van der Waals surface area contributed by atoms with Crippen LogP contribution in [0, 0.1) is 77.0 Å². The van der Waals surface area contributed by atoms with E-state index in [9.17, 15) is 10.5 Å². The summed E-state index contributed by atoms with van der Waals surface area (Å²) in [5.41, 5.74) is 37.9. The molecule has 0 fully saturated rings. The van der Waals surface area contributed by atoms with Gasteiger partial charge in [-0.1, -0.05) is 159 Å². The van der Waals surface area contributed by atoms with Gasteiger partial charge >= 0.3 is 0 Å². The van der Waals surface area contributed by atoms with E-state index < -0.39 is 0 Å². The van der Waals surface area contributed by atoms with Crippen molar-refractivity contribution in [2.75, 3.05) is 9.80 Å². The lowest BCUT2D eigenvalue weighted by molar-refractivity contribution is 0.590. The Kier molecular flexibility index (Phi) is 14.1. The largest absolute Gasteiger partial charge is 0.311 e. The maximum absolute atomic E-state index is 10.9. The van der Waals surface area contributed by atoms with Gasteiger partial charge in [-0.05, 0) is 236 Å². The first-order valence-corrected chi connectivity index (χ1v) is 34.0. The van der Waals surface area contributed by atoms with Gasteiger partial charge < -0.3 is 18.9 Å². The monoisotopic (exact) mass is 1240 g/mol. The number of hydrogen-bond acceptors (Lipinski definition) is 4. The number of anilines is 5. The van der Waals surface area contributed by atoms with Crippen LogP contribution < -0.4 is 37.1 Å². The third-order valence-electron chi connectivity index (χ3n) is 22.2. The minimum atomic E-state index is -0.162. The molecule has 462 valence electrons. The number of benzene rings is 11. The van der Waals surface area contributed by atoms with Gasteiger partial charge in [0.1, 0.15) is 15.7 Å². The third-order valence-corrected chi connectivity index (χ3v) is 22.2. The molecule has 9 heteroatoms. The van der Waals surface area contributed by atoms with Crippen LogP contribution in [0.3, 0.4) is 0 Å². The van der Waals surface area contributed by atoms with Crippen LogP contribution in [0.4, 0.5) is 28.4 Å². The van der Waals surface area contributed by atoms with Crippen LogP contribution in [-0.2, 0) is 11.8 Å². The summed E-state index contributed by atoms with van der Waals surface area (Å²) < 4.78 is 5.03. The number of para-hydroxylation sites is 3. The molecule has 0 amide bonds. The molecule has 11 aromatic carbocycles. The maximum Gasteiger partial charge on any atom is 0.247 e. The van der Waals surface area contributed by atoms with E-state index in [4.69, 9.17) is 0 Å². The van der Waals surface area contributed by atoms with Crippen molar-refractivity contribution in [2.45, 2.75) is 94.4 Å². The summed E-state index contributed by atoms with van der Waals surface area (Å²) in [7, 11) is 4.64. The fraction of sp³-hybridized carbons (Fsp3) is 0.172. The summed E-state index contributed by atoms with van der Waals surface area (Å²) in [5.74, 6) is 0.436. The number of aryl methyl sites for hydroxylation is 4. The average Bonchev–Trinajstić information content (AvgIpc) is 1.24. The molecule has 16 rings (SSSR count). The molecule has 96 heavy (non-hydrogen) atoms. The lowest BCUT2D eigenvalue weighted by Gasteiger charge is -2.42. The first-order valence-electron chi connectivity index (χ1n) is 34.0. The lowest BCUT2D eigenvalue weighted by Crippen LogP contribution is -2.61. The fourth-order valence-electron chi connectivity index (χ4n) is 16.5. The van der Waals surface area contributed by atoms with E-state index >= 15 is 0 Å². The second-order valence-corrected chi connectivity index (χ2v) is 28.6. The molecule has 0 N–H and O–H groups in total. The van der Waals surface area contributed by atoms with E-state index in [2.05, 4.69) is 311 Å². The van der Waals surface area contributed by atoms with Gasteiger partial charge in [0.2, 0.25) is 6.71 Å². The first kappa shape index (κ1) is 60.2. The minimum absolute atomic E-state index is 0.0765. The molecule has 0 bridgehead atoms. The van der Waals surface area contributed by atoms with Crippen LogP contribution in [0.15, 0.2) is 206 Å². The van der Waals surface area contributed by atoms with Crippen molar-refractivity contribution in [2.24, 2.45) is 5.92 Å². The normalized spacial score (nSPS) is 14.1. The Hall–Kier alpha value is -10.7. The summed E-state index contributed by atoms with van der Waals surface area (Å²) in [6.45, 7) is 25.2. The summed E-state index contributed by atoms with van der Waals surface area (Å²) in [6.07, 6.45) is 8.50. The average molecular weight is 1240 g/mol. The van der Waals surface area contributed by atoms with Crippen molar-refractivity contribution in [3.63, 3.8) is 0 Å². The van der Waals surface area contributed by atoms with Gasteiger partial charge in [0.15, 0.2) is 0 Å². The van der Waals surface area contributed by atoms with Crippen molar-refractivity contribution in [1.29, 1.82) is 10.5 Å². The second kappa shape index (κ2) is 22.5. The van der Waals surface area contributed by atoms with Crippen LogP contribution in [-0.4, -0.2) is 31.5 Å².